The van der Waals surface area contributed by atoms with Crippen LogP contribution >= 0.6 is 0 Å². The van der Waals surface area contributed by atoms with Crippen molar-refractivity contribution in [1.29, 1.82) is 0 Å². The number of fused-ring (bicyclic) bond motifs is 1. The van der Waals surface area contributed by atoms with Crippen molar-refractivity contribution >= 4 is 22.9 Å². The standard InChI is InChI=1S/C14H20N6O2/c15-14-18-12(16-5-8-1-2-8)11-13(19-14)20(7-17-11)10-4-3-9(6-21)22-10/h7-10,21H,1-6H2,(H3,15,16,18,19)/t9-,10+/m0/s1. The van der Waals surface area contributed by atoms with Crippen LogP contribution in [-0.2, 0) is 4.74 Å². The van der Waals surface area contributed by atoms with E-state index in [0.717, 1.165) is 25.3 Å². The summed E-state index contributed by atoms with van der Waals surface area (Å²) in [5.41, 5.74) is 7.23. The number of hydrogen-bond acceptors (Lipinski definition) is 7. The van der Waals surface area contributed by atoms with Crippen LogP contribution < -0.4 is 11.1 Å². The van der Waals surface area contributed by atoms with Gasteiger partial charge in [-0.1, -0.05) is 0 Å². The molecule has 2 aromatic heterocycles. The first-order valence-corrected chi connectivity index (χ1v) is 7.75. The Hall–Kier alpha value is -1.93. The van der Waals surface area contributed by atoms with Crippen LogP contribution in [0.4, 0.5) is 11.8 Å². The van der Waals surface area contributed by atoms with E-state index in [9.17, 15) is 5.11 Å². The molecule has 2 aliphatic rings. The third kappa shape index (κ3) is 2.48. The van der Waals surface area contributed by atoms with E-state index in [1.165, 1.54) is 12.8 Å². The van der Waals surface area contributed by atoms with Crippen LogP contribution in [0.1, 0.15) is 31.9 Å². The SMILES string of the molecule is Nc1nc(NCC2CC2)c2ncn([C@H]3CC[C@@H](CO)O3)c2n1. The number of anilines is 2. The Bertz CT molecular complexity index is 683. The highest BCUT2D eigenvalue weighted by atomic mass is 16.5. The van der Waals surface area contributed by atoms with Crippen LogP contribution in [0.15, 0.2) is 6.33 Å². The summed E-state index contributed by atoms with van der Waals surface area (Å²) in [6.45, 7) is 0.930. The van der Waals surface area contributed by atoms with Crippen molar-refractivity contribution in [3.8, 4) is 0 Å². The van der Waals surface area contributed by atoms with Crippen molar-refractivity contribution in [3.63, 3.8) is 0 Å². The van der Waals surface area contributed by atoms with E-state index in [-0.39, 0.29) is 24.9 Å². The number of nitrogens with two attached hydrogens (primary N) is 1. The number of aromatic nitrogens is 4. The summed E-state index contributed by atoms with van der Waals surface area (Å²) in [5, 5.41) is 12.5. The quantitative estimate of drug-likeness (QED) is 0.752. The lowest BCUT2D eigenvalue weighted by Crippen LogP contribution is -2.14. The zero-order valence-corrected chi connectivity index (χ0v) is 12.3. The zero-order valence-electron chi connectivity index (χ0n) is 12.3. The maximum absolute atomic E-state index is 9.21. The van der Waals surface area contributed by atoms with Crippen molar-refractivity contribution in [2.24, 2.45) is 5.92 Å². The Kier molecular flexibility index (Phi) is 3.34. The number of nitrogens with zero attached hydrogens (tertiary/aromatic N) is 4. The molecule has 1 aliphatic heterocycles. The lowest BCUT2D eigenvalue weighted by molar-refractivity contribution is -0.0207. The molecule has 3 heterocycles. The van der Waals surface area contributed by atoms with E-state index in [1.54, 1.807) is 6.33 Å². The monoisotopic (exact) mass is 304 g/mol. The van der Waals surface area contributed by atoms with Gasteiger partial charge >= 0.3 is 0 Å². The van der Waals surface area contributed by atoms with Crippen LogP contribution in [-0.4, -0.2) is 43.9 Å². The predicted octanol–water partition coefficient (Wildman–Crippen LogP) is 0.900. The van der Waals surface area contributed by atoms with Crippen molar-refractivity contribution in [2.75, 3.05) is 24.2 Å². The molecule has 8 heteroatoms. The molecule has 1 saturated carbocycles. The maximum atomic E-state index is 9.21. The second-order valence-electron chi connectivity index (χ2n) is 6.05. The van der Waals surface area contributed by atoms with Gasteiger partial charge in [0.15, 0.2) is 17.0 Å². The molecule has 0 amide bonds. The number of nitrogen functional groups attached to an aromatic ring is 1. The lowest BCUT2D eigenvalue weighted by atomic mass is 10.2. The van der Waals surface area contributed by atoms with Crippen molar-refractivity contribution in [1.82, 2.24) is 19.5 Å². The minimum Gasteiger partial charge on any atom is -0.394 e. The molecule has 0 aromatic carbocycles. The summed E-state index contributed by atoms with van der Waals surface area (Å²) in [4.78, 5) is 13.0. The summed E-state index contributed by atoms with van der Waals surface area (Å²) in [6.07, 6.45) is 5.63. The Labute approximate surface area is 127 Å². The molecular weight excluding hydrogens is 284 g/mol. The molecule has 2 atom stereocenters. The normalized spacial score (nSPS) is 25.0. The molecule has 1 aliphatic carbocycles. The number of rotatable bonds is 5. The van der Waals surface area contributed by atoms with Gasteiger partial charge in [-0.3, -0.25) is 4.57 Å². The number of aliphatic hydroxyl groups excluding tert-OH is 1. The summed E-state index contributed by atoms with van der Waals surface area (Å²) in [5.74, 6) is 1.64. The molecule has 0 bridgehead atoms. The predicted molar refractivity (Wildman–Crippen MR) is 81.2 cm³/mol. The van der Waals surface area contributed by atoms with Gasteiger partial charge in [0.25, 0.3) is 0 Å². The van der Waals surface area contributed by atoms with Crippen LogP contribution in [0, 0.1) is 5.92 Å². The second kappa shape index (κ2) is 5.36. The Morgan fingerprint density at radius 2 is 2.18 bits per heavy atom. The van der Waals surface area contributed by atoms with Gasteiger partial charge in [0.05, 0.1) is 19.0 Å². The van der Waals surface area contributed by atoms with Gasteiger partial charge in [0.2, 0.25) is 5.95 Å². The van der Waals surface area contributed by atoms with Gasteiger partial charge in [-0.2, -0.15) is 9.97 Å². The molecule has 118 valence electrons. The van der Waals surface area contributed by atoms with Crippen molar-refractivity contribution in [2.45, 2.75) is 38.0 Å². The van der Waals surface area contributed by atoms with E-state index in [4.69, 9.17) is 10.5 Å². The lowest BCUT2D eigenvalue weighted by Gasteiger charge is -2.14. The molecule has 1 saturated heterocycles. The van der Waals surface area contributed by atoms with Crippen LogP contribution in [0.25, 0.3) is 11.2 Å². The zero-order chi connectivity index (χ0) is 15.1. The Morgan fingerprint density at radius 3 is 2.91 bits per heavy atom. The maximum Gasteiger partial charge on any atom is 0.224 e. The van der Waals surface area contributed by atoms with Crippen molar-refractivity contribution < 1.29 is 9.84 Å². The molecule has 22 heavy (non-hydrogen) atoms. The molecule has 2 aromatic rings. The summed E-state index contributed by atoms with van der Waals surface area (Å²) < 4.78 is 7.68. The molecule has 4 rings (SSSR count). The fraction of sp³-hybridized carbons (Fsp3) is 0.643. The second-order valence-corrected chi connectivity index (χ2v) is 6.05. The van der Waals surface area contributed by atoms with E-state index < -0.39 is 0 Å². The fourth-order valence-electron chi connectivity index (χ4n) is 2.86. The summed E-state index contributed by atoms with van der Waals surface area (Å²) >= 11 is 0. The number of hydrogen-bond donors (Lipinski definition) is 3. The Morgan fingerprint density at radius 1 is 1.32 bits per heavy atom. The molecular formula is C14H20N6O2. The third-order valence-electron chi connectivity index (χ3n) is 4.29. The molecule has 0 unspecified atom stereocenters. The first-order chi connectivity index (χ1) is 10.7. The number of aliphatic hydroxyl groups is 1. The van der Waals surface area contributed by atoms with E-state index >= 15 is 0 Å². The van der Waals surface area contributed by atoms with Gasteiger partial charge in [0, 0.05) is 6.54 Å². The smallest absolute Gasteiger partial charge is 0.224 e. The molecule has 8 nitrogen and oxygen atoms in total. The van der Waals surface area contributed by atoms with Crippen molar-refractivity contribution in [3.05, 3.63) is 6.33 Å². The van der Waals surface area contributed by atoms with E-state index in [1.807, 2.05) is 4.57 Å². The third-order valence-corrected chi connectivity index (χ3v) is 4.29. The van der Waals surface area contributed by atoms with Crippen LogP contribution in [0.2, 0.25) is 0 Å². The van der Waals surface area contributed by atoms with Gasteiger partial charge in [-0.15, -0.1) is 0 Å². The molecule has 0 spiro atoms. The minimum absolute atomic E-state index is 0.0362. The fourth-order valence-corrected chi connectivity index (χ4v) is 2.86. The molecule has 0 radical (unpaired) electrons. The topological polar surface area (TPSA) is 111 Å². The largest absolute Gasteiger partial charge is 0.394 e. The first-order valence-electron chi connectivity index (χ1n) is 7.75. The molecule has 2 fully saturated rings. The highest BCUT2D eigenvalue weighted by Gasteiger charge is 2.28. The van der Waals surface area contributed by atoms with Gasteiger partial charge in [-0.25, -0.2) is 4.98 Å². The summed E-state index contributed by atoms with van der Waals surface area (Å²) in [7, 11) is 0. The number of ether oxygens (including phenoxy) is 1. The number of nitrogens with one attached hydrogen (secondary N) is 1. The van der Waals surface area contributed by atoms with Gasteiger partial charge in [0.1, 0.15) is 6.23 Å². The average Bonchev–Trinajstić information content (AvgIpc) is 3.05. The van der Waals surface area contributed by atoms with Crippen LogP contribution in [0.5, 0.6) is 0 Å². The highest BCUT2D eigenvalue weighted by molar-refractivity contribution is 5.84. The number of imidazole rings is 1. The minimum atomic E-state index is -0.160. The van der Waals surface area contributed by atoms with E-state index in [2.05, 4.69) is 20.3 Å². The average molecular weight is 304 g/mol. The summed E-state index contributed by atoms with van der Waals surface area (Å²) in [6, 6.07) is 0. The molecule has 4 N–H and O–H groups in total. The van der Waals surface area contributed by atoms with Gasteiger partial charge < -0.3 is 20.9 Å². The van der Waals surface area contributed by atoms with Crippen LogP contribution in [0.3, 0.4) is 0 Å². The Balaban J connectivity index is 1.65. The van der Waals surface area contributed by atoms with Gasteiger partial charge in [-0.05, 0) is 31.6 Å². The van der Waals surface area contributed by atoms with E-state index in [0.29, 0.717) is 17.0 Å². The highest BCUT2D eigenvalue weighted by Crippen LogP contribution is 2.33. The first kappa shape index (κ1) is 13.7.